The van der Waals surface area contributed by atoms with Crippen molar-refractivity contribution in [3.63, 3.8) is 0 Å². The number of nitrogens with one attached hydrogen (secondary N) is 1. The Labute approximate surface area is 238 Å². The van der Waals surface area contributed by atoms with Gasteiger partial charge in [-0.25, -0.2) is 0 Å². The van der Waals surface area contributed by atoms with Crippen LogP contribution in [0.5, 0.6) is 17.4 Å². The summed E-state index contributed by atoms with van der Waals surface area (Å²) in [5.41, 5.74) is 5.32. The van der Waals surface area contributed by atoms with Crippen molar-refractivity contribution in [2.75, 3.05) is 27.3 Å². The molecule has 0 spiro atoms. The third-order valence-electron chi connectivity index (χ3n) is 7.50. The molecule has 3 aromatic carbocycles. The fourth-order valence-electron chi connectivity index (χ4n) is 5.67. The predicted molar refractivity (Wildman–Crippen MR) is 161 cm³/mol. The maximum absolute atomic E-state index is 10.6. The van der Waals surface area contributed by atoms with E-state index in [4.69, 9.17) is 14.2 Å². The fourth-order valence-corrected chi connectivity index (χ4v) is 5.67. The number of aromatic hydroxyl groups is 1. The summed E-state index contributed by atoms with van der Waals surface area (Å²) < 4.78 is 17.0. The van der Waals surface area contributed by atoms with Crippen LogP contribution in [-0.4, -0.2) is 54.5 Å². The summed E-state index contributed by atoms with van der Waals surface area (Å²) >= 11 is 0. The molecule has 210 valence electrons. The number of rotatable bonds is 7. The number of benzene rings is 3. The van der Waals surface area contributed by atoms with Gasteiger partial charge in [-0.15, -0.1) is 10.2 Å². The molecular formula is C33H34N4O4. The van der Waals surface area contributed by atoms with Gasteiger partial charge in [0.2, 0.25) is 0 Å². The molecule has 2 aliphatic heterocycles. The van der Waals surface area contributed by atoms with Crippen molar-refractivity contribution >= 4 is 34.4 Å². The molecule has 1 aromatic heterocycles. The van der Waals surface area contributed by atoms with E-state index >= 15 is 0 Å². The molecule has 0 radical (unpaired) electrons. The van der Waals surface area contributed by atoms with Gasteiger partial charge in [0.25, 0.3) is 0 Å². The molecule has 0 saturated carbocycles. The summed E-state index contributed by atoms with van der Waals surface area (Å²) in [5, 5.41) is 22.0. The second kappa shape index (κ2) is 11.2. The lowest BCUT2D eigenvalue weighted by molar-refractivity contribution is -0.0704. The molecule has 0 aliphatic carbocycles. The number of hydrogen-bond acceptors (Lipinski definition) is 7. The number of aromatic nitrogens is 1. The highest BCUT2D eigenvalue weighted by atomic mass is 16.5. The Bertz CT molecular complexity index is 1760. The fraction of sp³-hybridized carbons (Fsp3) is 0.273. The Morgan fingerprint density at radius 1 is 0.976 bits per heavy atom. The van der Waals surface area contributed by atoms with Gasteiger partial charge in [-0.1, -0.05) is 30.3 Å². The molecule has 0 bridgehead atoms. The first-order valence-corrected chi connectivity index (χ1v) is 13.8. The number of ether oxygens (including phenoxy) is 3. The molecule has 2 N–H and O–H groups in total. The second-order valence-corrected chi connectivity index (χ2v) is 10.7. The molecular weight excluding hydrogens is 516 g/mol. The van der Waals surface area contributed by atoms with Gasteiger partial charge >= 0.3 is 0 Å². The van der Waals surface area contributed by atoms with E-state index in [9.17, 15) is 5.11 Å². The van der Waals surface area contributed by atoms with E-state index in [-0.39, 0.29) is 18.1 Å². The molecule has 8 heteroatoms. The van der Waals surface area contributed by atoms with Crippen LogP contribution in [0, 0.1) is 0 Å². The second-order valence-electron chi connectivity index (χ2n) is 10.7. The summed E-state index contributed by atoms with van der Waals surface area (Å²) in [6.45, 7) is 7.09. The minimum absolute atomic E-state index is 0.0876. The largest absolute Gasteiger partial charge is 0.497 e. The van der Waals surface area contributed by atoms with Gasteiger partial charge in [0, 0.05) is 36.1 Å². The van der Waals surface area contributed by atoms with Gasteiger partial charge in [0.15, 0.2) is 5.88 Å². The number of aromatic amines is 1. The molecule has 8 nitrogen and oxygen atoms in total. The van der Waals surface area contributed by atoms with Crippen LogP contribution in [0.3, 0.4) is 0 Å². The number of H-pyrrole nitrogens is 1. The first-order valence-electron chi connectivity index (χ1n) is 13.8. The number of methoxy groups -OCH3 is 2. The van der Waals surface area contributed by atoms with Crippen molar-refractivity contribution < 1.29 is 19.3 Å². The third kappa shape index (κ3) is 5.62. The van der Waals surface area contributed by atoms with Gasteiger partial charge in [-0.3, -0.25) is 4.90 Å². The Kier molecular flexibility index (Phi) is 7.34. The van der Waals surface area contributed by atoms with Crippen molar-refractivity contribution in [3.05, 3.63) is 87.8 Å². The SMILES string of the molecule is COc1ccc2[nH]c(O)c(C=c3cc4c(c(OC)c3)=C(/C=C/c3ccc(CN5C[C@@H](C)O[C@@H](C)C5)cc3)N=N4)c2c1. The van der Waals surface area contributed by atoms with Gasteiger partial charge in [0.1, 0.15) is 11.5 Å². The topological polar surface area (TPSA) is 91.7 Å². The number of morpholine rings is 1. The van der Waals surface area contributed by atoms with Gasteiger partial charge in [-0.05, 0) is 72.7 Å². The smallest absolute Gasteiger partial charge is 0.196 e. The quantitative estimate of drug-likeness (QED) is 0.328. The van der Waals surface area contributed by atoms with Crippen LogP contribution in [0.4, 0.5) is 5.69 Å². The summed E-state index contributed by atoms with van der Waals surface area (Å²) in [6, 6.07) is 18.1. The Balaban J connectivity index is 1.27. The van der Waals surface area contributed by atoms with E-state index in [0.717, 1.165) is 57.9 Å². The van der Waals surface area contributed by atoms with E-state index in [1.54, 1.807) is 14.2 Å². The molecule has 1 saturated heterocycles. The molecule has 0 unspecified atom stereocenters. The molecule has 1 fully saturated rings. The first-order chi connectivity index (χ1) is 19.9. The maximum Gasteiger partial charge on any atom is 0.196 e. The van der Waals surface area contributed by atoms with Gasteiger partial charge < -0.3 is 24.3 Å². The summed E-state index contributed by atoms with van der Waals surface area (Å²) in [7, 11) is 3.26. The summed E-state index contributed by atoms with van der Waals surface area (Å²) in [4.78, 5) is 5.47. The molecule has 2 atom stereocenters. The Hall–Kier alpha value is -4.40. The van der Waals surface area contributed by atoms with Crippen LogP contribution in [0.25, 0.3) is 28.8 Å². The van der Waals surface area contributed by atoms with E-state index in [2.05, 4.69) is 58.2 Å². The number of nitrogens with zero attached hydrogens (tertiary/aromatic N) is 3. The highest BCUT2D eigenvalue weighted by Gasteiger charge is 2.22. The molecule has 4 aromatic rings. The van der Waals surface area contributed by atoms with E-state index < -0.39 is 0 Å². The minimum atomic E-state index is 0.0876. The molecule has 6 rings (SSSR count). The zero-order valence-corrected chi connectivity index (χ0v) is 23.7. The van der Waals surface area contributed by atoms with E-state index in [1.165, 1.54) is 5.56 Å². The van der Waals surface area contributed by atoms with Crippen LogP contribution in [0.15, 0.2) is 70.9 Å². The van der Waals surface area contributed by atoms with Crippen LogP contribution in [-0.2, 0) is 11.3 Å². The lowest BCUT2D eigenvalue weighted by atomic mass is 10.1. The van der Waals surface area contributed by atoms with Crippen LogP contribution >= 0.6 is 0 Å². The molecule has 0 amide bonds. The average molecular weight is 551 g/mol. The number of hydrogen-bond donors (Lipinski definition) is 2. The van der Waals surface area contributed by atoms with Gasteiger partial charge in [-0.2, -0.15) is 0 Å². The van der Waals surface area contributed by atoms with Crippen molar-refractivity contribution in [2.45, 2.75) is 32.6 Å². The molecule has 2 aliphatic rings. The number of fused-ring (bicyclic) bond motifs is 2. The Morgan fingerprint density at radius 2 is 1.76 bits per heavy atom. The van der Waals surface area contributed by atoms with E-state index in [1.807, 2.05) is 48.6 Å². The third-order valence-corrected chi connectivity index (χ3v) is 7.50. The normalized spacial score (nSPS) is 19.4. The lowest BCUT2D eigenvalue weighted by Gasteiger charge is -2.35. The first kappa shape index (κ1) is 26.8. The highest BCUT2D eigenvalue weighted by molar-refractivity contribution is 5.92. The number of azo groups is 1. The average Bonchev–Trinajstić information content (AvgIpc) is 3.51. The van der Waals surface area contributed by atoms with Crippen molar-refractivity contribution in [2.24, 2.45) is 10.2 Å². The van der Waals surface area contributed by atoms with Crippen molar-refractivity contribution in [1.82, 2.24) is 9.88 Å². The molecule has 3 heterocycles. The van der Waals surface area contributed by atoms with Crippen LogP contribution in [0.2, 0.25) is 0 Å². The zero-order valence-electron chi connectivity index (χ0n) is 23.7. The summed E-state index contributed by atoms with van der Waals surface area (Å²) in [6.07, 6.45) is 6.44. The van der Waals surface area contributed by atoms with Crippen LogP contribution in [0.1, 0.15) is 30.5 Å². The lowest BCUT2D eigenvalue weighted by Crippen LogP contribution is -2.44. The monoisotopic (exact) mass is 550 g/mol. The standard InChI is InChI=1S/C33H34N4O4/c1-20-17-37(18-21(2)41-20)19-23-7-5-22(6-8-23)9-11-29-32-30(36-35-29)14-24(15-31(32)40-4)13-27-26-16-25(39-3)10-12-28(26)34-33(27)38/h5-16,20-21,34,38H,17-19H2,1-4H3/b11-9+,24-13?/t20-,21+. The highest BCUT2D eigenvalue weighted by Crippen LogP contribution is 2.31. The minimum Gasteiger partial charge on any atom is -0.497 e. The Morgan fingerprint density at radius 3 is 2.49 bits per heavy atom. The predicted octanol–water partition coefficient (Wildman–Crippen LogP) is 5.25. The van der Waals surface area contributed by atoms with Crippen molar-refractivity contribution in [3.8, 4) is 17.4 Å². The van der Waals surface area contributed by atoms with Crippen molar-refractivity contribution in [1.29, 1.82) is 0 Å². The molecule has 41 heavy (non-hydrogen) atoms. The maximum atomic E-state index is 10.6. The van der Waals surface area contributed by atoms with E-state index in [0.29, 0.717) is 17.1 Å². The van der Waals surface area contributed by atoms with Gasteiger partial charge in [0.05, 0.1) is 43.0 Å². The van der Waals surface area contributed by atoms with Crippen LogP contribution < -0.4 is 19.9 Å². The zero-order chi connectivity index (χ0) is 28.5. The summed E-state index contributed by atoms with van der Waals surface area (Å²) in [5.74, 6) is 1.47.